The van der Waals surface area contributed by atoms with Gasteiger partial charge in [0.2, 0.25) is 5.91 Å². The molecule has 0 saturated carbocycles. The molecule has 0 spiro atoms. The van der Waals surface area contributed by atoms with Crippen LogP contribution in [0.25, 0.3) is 11.6 Å². The quantitative estimate of drug-likeness (QED) is 0.600. The Labute approximate surface area is 161 Å². The van der Waals surface area contributed by atoms with Crippen LogP contribution in [0, 0.1) is 0 Å². The van der Waals surface area contributed by atoms with Crippen molar-refractivity contribution in [2.75, 3.05) is 11.5 Å². The van der Waals surface area contributed by atoms with Crippen LogP contribution in [0.3, 0.4) is 0 Å². The van der Waals surface area contributed by atoms with E-state index < -0.39 is 21.9 Å². The summed E-state index contributed by atoms with van der Waals surface area (Å²) in [5.74, 6) is 0.682. The summed E-state index contributed by atoms with van der Waals surface area (Å²) >= 11 is 0. The molecular formula is C17H19N7O3S. The number of aryl methyl sites for hydroxylation is 1. The van der Waals surface area contributed by atoms with E-state index in [0.717, 1.165) is 0 Å². The predicted octanol–water partition coefficient (Wildman–Crippen LogP) is 0.150. The number of hydrogen-bond acceptors (Lipinski definition) is 7. The number of H-pyrrole nitrogens is 1. The van der Waals surface area contributed by atoms with Crippen molar-refractivity contribution in [3.63, 3.8) is 0 Å². The first-order chi connectivity index (χ1) is 13.5. The highest BCUT2D eigenvalue weighted by atomic mass is 32.2. The Balaban J connectivity index is 1.50. The molecule has 3 aromatic heterocycles. The number of hydrogen-bond donors (Lipinski definition) is 2. The molecule has 0 aliphatic carbocycles. The molecule has 0 unspecified atom stereocenters. The fourth-order valence-electron chi connectivity index (χ4n) is 3.37. The molecule has 2 atom stereocenters. The summed E-state index contributed by atoms with van der Waals surface area (Å²) in [4.78, 5) is 32.0. The van der Waals surface area contributed by atoms with Crippen LogP contribution < -0.4 is 5.32 Å². The van der Waals surface area contributed by atoms with Crippen LogP contribution in [0.1, 0.15) is 18.2 Å². The van der Waals surface area contributed by atoms with E-state index in [4.69, 9.17) is 0 Å². The molecule has 4 heterocycles. The van der Waals surface area contributed by atoms with Gasteiger partial charge < -0.3 is 14.9 Å². The Bertz CT molecular complexity index is 1050. The Morgan fingerprint density at radius 3 is 2.82 bits per heavy atom. The van der Waals surface area contributed by atoms with Gasteiger partial charge in [0, 0.05) is 49.8 Å². The number of aromatic amines is 1. The standard InChI is InChI=1S/C17H19N7O3S/c25-15(2-1-12-9-18-3-4-19-12)23-13-10-28(26,27)11-14(13)24-8-7-22-17(24)16-20-5-6-21-16/h3-9,13-14H,1-2,10-11H2,(H,20,21)(H,23,25)/t13-,14-/m1/s1. The van der Waals surface area contributed by atoms with Gasteiger partial charge in [-0.15, -0.1) is 0 Å². The second kappa shape index (κ2) is 7.50. The summed E-state index contributed by atoms with van der Waals surface area (Å²) in [5.41, 5.74) is 0.711. The van der Waals surface area contributed by atoms with E-state index in [0.29, 0.717) is 23.8 Å². The fraction of sp³-hybridized carbons (Fsp3) is 0.353. The summed E-state index contributed by atoms with van der Waals surface area (Å²) in [6.07, 6.45) is 12.0. The third-order valence-electron chi connectivity index (χ3n) is 4.63. The number of aromatic nitrogens is 6. The van der Waals surface area contributed by atoms with Crippen LogP contribution in [0.2, 0.25) is 0 Å². The van der Waals surface area contributed by atoms with Gasteiger partial charge in [-0.05, 0) is 6.42 Å². The van der Waals surface area contributed by atoms with Crippen molar-refractivity contribution in [1.82, 2.24) is 34.8 Å². The second-order valence-corrected chi connectivity index (χ2v) is 8.76. The average Bonchev–Trinajstić information content (AvgIpc) is 3.40. The SMILES string of the molecule is O=C(CCc1cnccn1)N[C@@H]1CS(=O)(=O)C[C@H]1n1ccnc1-c1ncc[nH]1. The number of imidazole rings is 2. The van der Waals surface area contributed by atoms with Crippen molar-refractivity contribution in [2.24, 2.45) is 0 Å². The van der Waals surface area contributed by atoms with Gasteiger partial charge in [0.05, 0.1) is 29.3 Å². The monoisotopic (exact) mass is 401 g/mol. The van der Waals surface area contributed by atoms with E-state index in [1.165, 1.54) is 0 Å². The highest BCUT2D eigenvalue weighted by molar-refractivity contribution is 7.91. The zero-order valence-electron chi connectivity index (χ0n) is 14.9. The summed E-state index contributed by atoms with van der Waals surface area (Å²) in [7, 11) is -3.29. The lowest BCUT2D eigenvalue weighted by atomic mass is 10.1. The van der Waals surface area contributed by atoms with Crippen LogP contribution in [0.4, 0.5) is 0 Å². The minimum Gasteiger partial charge on any atom is -0.350 e. The third kappa shape index (κ3) is 3.93. The van der Waals surface area contributed by atoms with Crippen molar-refractivity contribution >= 4 is 15.7 Å². The zero-order valence-corrected chi connectivity index (χ0v) is 15.7. The van der Waals surface area contributed by atoms with Crippen molar-refractivity contribution in [3.05, 3.63) is 49.1 Å². The lowest BCUT2D eigenvalue weighted by molar-refractivity contribution is -0.121. The van der Waals surface area contributed by atoms with Crippen LogP contribution in [-0.4, -0.2) is 61.4 Å². The van der Waals surface area contributed by atoms with Crippen LogP contribution in [-0.2, 0) is 21.1 Å². The van der Waals surface area contributed by atoms with Crippen molar-refractivity contribution < 1.29 is 13.2 Å². The molecule has 146 valence electrons. The molecule has 4 rings (SSSR count). The number of carbonyl (C=O) groups is 1. The number of sulfone groups is 1. The molecule has 28 heavy (non-hydrogen) atoms. The molecule has 0 radical (unpaired) electrons. The molecule has 1 aliphatic rings. The molecule has 10 nitrogen and oxygen atoms in total. The Kier molecular flexibility index (Phi) is 4.90. The molecule has 11 heteroatoms. The summed E-state index contributed by atoms with van der Waals surface area (Å²) in [5, 5.41) is 2.87. The average molecular weight is 401 g/mol. The largest absolute Gasteiger partial charge is 0.350 e. The number of rotatable bonds is 6. The summed E-state index contributed by atoms with van der Waals surface area (Å²) in [6, 6.07) is -0.990. The van der Waals surface area contributed by atoms with E-state index in [-0.39, 0.29) is 23.8 Å². The maximum atomic E-state index is 12.4. The fourth-order valence-corrected chi connectivity index (χ4v) is 5.27. The molecule has 0 bridgehead atoms. The summed E-state index contributed by atoms with van der Waals surface area (Å²) in [6.45, 7) is 0. The van der Waals surface area contributed by atoms with Crippen molar-refractivity contribution in [3.8, 4) is 11.6 Å². The van der Waals surface area contributed by atoms with E-state index in [1.807, 2.05) is 0 Å². The Morgan fingerprint density at radius 1 is 1.18 bits per heavy atom. The highest BCUT2D eigenvalue weighted by Crippen LogP contribution is 2.28. The van der Waals surface area contributed by atoms with Gasteiger partial charge in [0.1, 0.15) is 0 Å². The van der Waals surface area contributed by atoms with Crippen molar-refractivity contribution in [1.29, 1.82) is 0 Å². The van der Waals surface area contributed by atoms with Gasteiger partial charge in [-0.2, -0.15) is 0 Å². The number of carbonyl (C=O) groups excluding carboxylic acids is 1. The summed E-state index contributed by atoms with van der Waals surface area (Å²) < 4.78 is 26.3. The maximum absolute atomic E-state index is 12.4. The van der Waals surface area contributed by atoms with E-state index in [9.17, 15) is 13.2 Å². The van der Waals surface area contributed by atoms with Gasteiger partial charge in [0.15, 0.2) is 21.5 Å². The van der Waals surface area contributed by atoms with Crippen LogP contribution >= 0.6 is 0 Å². The molecule has 1 aliphatic heterocycles. The number of nitrogens with one attached hydrogen (secondary N) is 2. The van der Waals surface area contributed by atoms with E-state index in [1.54, 1.807) is 47.9 Å². The van der Waals surface area contributed by atoms with Gasteiger partial charge >= 0.3 is 0 Å². The Morgan fingerprint density at radius 2 is 2.07 bits per heavy atom. The first-order valence-electron chi connectivity index (χ1n) is 8.79. The minimum absolute atomic E-state index is 0.0633. The topological polar surface area (TPSA) is 136 Å². The maximum Gasteiger partial charge on any atom is 0.220 e. The normalized spacial score (nSPS) is 20.9. The molecule has 1 amide bonds. The first-order valence-corrected chi connectivity index (χ1v) is 10.6. The lowest BCUT2D eigenvalue weighted by Gasteiger charge is -2.22. The molecular weight excluding hydrogens is 382 g/mol. The van der Waals surface area contributed by atoms with Gasteiger partial charge in [-0.25, -0.2) is 18.4 Å². The molecule has 0 aromatic carbocycles. The van der Waals surface area contributed by atoms with Crippen molar-refractivity contribution in [2.45, 2.75) is 24.9 Å². The van der Waals surface area contributed by atoms with E-state index in [2.05, 4.69) is 30.2 Å². The highest BCUT2D eigenvalue weighted by Gasteiger charge is 2.40. The first kappa shape index (κ1) is 18.3. The second-order valence-electron chi connectivity index (χ2n) is 6.61. The minimum atomic E-state index is -3.29. The number of amides is 1. The lowest BCUT2D eigenvalue weighted by Crippen LogP contribution is -2.41. The van der Waals surface area contributed by atoms with Crippen LogP contribution in [0.15, 0.2) is 43.4 Å². The smallest absolute Gasteiger partial charge is 0.220 e. The van der Waals surface area contributed by atoms with E-state index >= 15 is 0 Å². The molecule has 1 saturated heterocycles. The zero-order chi connectivity index (χ0) is 19.6. The van der Waals surface area contributed by atoms with Gasteiger partial charge in [0.25, 0.3) is 0 Å². The number of nitrogens with zero attached hydrogens (tertiary/aromatic N) is 5. The Hall–Kier alpha value is -3.08. The third-order valence-corrected chi connectivity index (χ3v) is 6.35. The van der Waals surface area contributed by atoms with Crippen LogP contribution in [0.5, 0.6) is 0 Å². The van der Waals surface area contributed by atoms with Gasteiger partial charge in [-0.3, -0.25) is 14.8 Å². The predicted molar refractivity (Wildman–Crippen MR) is 99.8 cm³/mol. The molecule has 2 N–H and O–H groups in total. The van der Waals surface area contributed by atoms with Gasteiger partial charge in [-0.1, -0.05) is 0 Å². The molecule has 3 aromatic rings. The molecule has 1 fully saturated rings.